The molecule has 3 nitrogen and oxygen atoms in total. The SMILES string of the molecule is C=C1CCC2(N)C(C)C3/C=C\CC(=C)/C(=C(C#N)\C(C=C=O)=C/CC)C2(CC3)C1. The maximum absolute atomic E-state index is 11.2. The molecule has 2 saturated carbocycles. The fourth-order valence-corrected chi connectivity index (χ4v) is 6.06. The molecule has 0 aromatic heterocycles. The minimum atomic E-state index is -0.436. The van der Waals surface area contributed by atoms with E-state index in [1.54, 1.807) is 0 Å². The Morgan fingerprint density at radius 2 is 2.17 bits per heavy atom. The summed E-state index contributed by atoms with van der Waals surface area (Å²) in [6.45, 7) is 13.0. The Kier molecular flexibility index (Phi) is 5.99. The van der Waals surface area contributed by atoms with Crippen molar-refractivity contribution < 1.29 is 4.79 Å². The first-order chi connectivity index (χ1) is 13.8. The van der Waals surface area contributed by atoms with Crippen LogP contribution in [0.5, 0.6) is 0 Å². The molecule has 4 aliphatic carbocycles. The van der Waals surface area contributed by atoms with E-state index < -0.39 is 5.54 Å². The Hall–Kier alpha value is -2.40. The molecule has 0 amide bonds. The first-order valence-electron chi connectivity index (χ1n) is 10.7. The van der Waals surface area contributed by atoms with E-state index in [0.29, 0.717) is 29.4 Å². The monoisotopic (exact) mass is 388 g/mol. The molecule has 0 heterocycles. The molecule has 29 heavy (non-hydrogen) atoms. The van der Waals surface area contributed by atoms with Crippen molar-refractivity contribution in [3.05, 3.63) is 65.3 Å². The van der Waals surface area contributed by atoms with Crippen LogP contribution in [0.2, 0.25) is 0 Å². The third-order valence-electron chi connectivity index (χ3n) is 7.56. The van der Waals surface area contributed by atoms with Crippen LogP contribution in [0.4, 0.5) is 0 Å². The summed E-state index contributed by atoms with van der Waals surface area (Å²) < 4.78 is 0. The van der Waals surface area contributed by atoms with Crippen molar-refractivity contribution in [2.45, 2.75) is 64.3 Å². The van der Waals surface area contributed by atoms with E-state index in [9.17, 15) is 10.1 Å². The average Bonchev–Trinajstić information content (AvgIpc) is 2.77. The van der Waals surface area contributed by atoms with Crippen molar-refractivity contribution in [3.63, 3.8) is 0 Å². The molecule has 2 N–H and O–H groups in total. The Balaban J connectivity index is 2.40. The highest BCUT2D eigenvalue weighted by atomic mass is 16.1. The molecule has 4 atom stereocenters. The molecule has 0 aromatic carbocycles. The van der Waals surface area contributed by atoms with Gasteiger partial charge in [0, 0.05) is 17.0 Å². The second-order valence-corrected chi connectivity index (χ2v) is 8.97. The lowest BCUT2D eigenvalue weighted by atomic mass is 9.45. The predicted octanol–water partition coefficient (Wildman–Crippen LogP) is 5.52. The lowest BCUT2D eigenvalue weighted by Gasteiger charge is -2.61. The van der Waals surface area contributed by atoms with Crippen LogP contribution >= 0.6 is 0 Å². The van der Waals surface area contributed by atoms with Crippen LogP contribution in [0.3, 0.4) is 0 Å². The number of fused-ring (bicyclic) bond motifs is 4. The van der Waals surface area contributed by atoms with E-state index in [4.69, 9.17) is 5.73 Å². The van der Waals surface area contributed by atoms with Gasteiger partial charge >= 0.3 is 0 Å². The zero-order valence-corrected chi connectivity index (χ0v) is 17.8. The number of hydrogen-bond donors (Lipinski definition) is 1. The van der Waals surface area contributed by atoms with Crippen molar-refractivity contribution in [1.29, 1.82) is 5.26 Å². The molecule has 2 fully saturated rings. The summed E-state index contributed by atoms with van der Waals surface area (Å²) in [5, 5.41) is 10.3. The quantitative estimate of drug-likeness (QED) is 0.300. The first-order valence-corrected chi connectivity index (χ1v) is 10.7. The van der Waals surface area contributed by atoms with Crippen LogP contribution in [-0.2, 0) is 4.79 Å². The highest BCUT2D eigenvalue weighted by Gasteiger charge is 2.60. The molecule has 0 radical (unpaired) electrons. The highest BCUT2D eigenvalue weighted by molar-refractivity contribution is 5.65. The molecular formula is C26H32N2O. The summed E-state index contributed by atoms with van der Waals surface area (Å²) in [5.74, 6) is 2.62. The van der Waals surface area contributed by atoms with E-state index in [1.807, 2.05) is 18.9 Å². The van der Waals surface area contributed by atoms with Gasteiger partial charge in [0.1, 0.15) is 12.0 Å². The molecule has 2 bridgehead atoms. The molecule has 0 aliphatic heterocycles. The van der Waals surface area contributed by atoms with Gasteiger partial charge in [0.15, 0.2) is 0 Å². The van der Waals surface area contributed by atoms with Gasteiger partial charge in [0.25, 0.3) is 0 Å². The number of nitrogens with zero attached hydrogens (tertiary/aromatic N) is 1. The largest absolute Gasteiger partial charge is 0.324 e. The van der Waals surface area contributed by atoms with Gasteiger partial charge in [-0.05, 0) is 73.5 Å². The van der Waals surface area contributed by atoms with Gasteiger partial charge in [-0.2, -0.15) is 5.26 Å². The maximum Gasteiger partial charge on any atom is 0.125 e. The highest BCUT2D eigenvalue weighted by Crippen LogP contribution is 2.63. The van der Waals surface area contributed by atoms with E-state index in [2.05, 4.69) is 38.3 Å². The zero-order chi connectivity index (χ0) is 21.2. The standard InChI is InChI=1S/C26H32N2O/c1-5-7-22(12-15-29)23(17-27)24-19(3)8-6-9-21-11-13-25(24)16-18(2)10-14-26(25,28)20(21)4/h6-7,9,12,20-21H,2-3,5,8,10-11,13-14,16,28H2,1,4H3/b9-6-,22-7-,24-23+. The van der Waals surface area contributed by atoms with Crippen molar-refractivity contribution in [1.82, 2.24) is 0 Å². The zero-order valence-electron chi connectivity index (χ0n) is 17.8. The molecule has 4 rings (SSSR count). The summed E-state index contributed by atoms with van der Waals surface area (Å²) in [6, 6.07) is 2.43. The lowest BCUT2D eigenvalue weighted by Crippen LogP contribution is -2.66. The first kappa shape index (κ1) is 21.3. The Bertz CT molecular complexity index is 905. The van der Waals surface area contributed by atoms with Crippen molar-refractivity contribution in [3.8, 4) is 6.07 Å². The van der Waals surface area contributed by atoms with Gasteiger partial charge in [-0.15, -0.1) is 0 Å². The minimum Gasteiger partial charge on any atom is -0.324 e. The molecule has 0 saturated heterocycles. The smallest absolute Gasteiger partial charge is 0.125 e. The van der Waals surface area contributed by atoms with Crippen molar-refractivity contribution >= 4 is 5.94 Å². The fraction of sp³-hybridized carbons (Fsp3) is 0.500. The Labute approximate surface area is 175 Å². The van der Waals surface area contributed by atoms with Crippen molar-refractivity contribution in [2.24, 2.45) is 23.0 Å². The second kappa shape index (κ2) is 8.15. The number of hydrogen-bond acceptors (Lipinski definition) is 3. The summed E-state index contributed by atoms with van der Waals surface area (Å²) in [4.78, 5) is 11.2. The summed E-state index contributed by atoms with van der Waals surface area (Å²) in [6.07, 6.45) is 13.7. The summed E-state index contributed by atoms with van der Waals surface area (Å²) in [7, 11) is 0. The number of nitriles is 1. The van der Waals surface area contributed by atoms with Gasteiger partial charge in [0.05, 0.1) is 5.57 Å². The van der Waals surface area contributed by atoms with Gasteiger partial charge in [-0.3, -0.25) is 0 Å². The van der Waals surface area contributed by atoms with Crippen LogP contribution in [0.15, 0.2) is 65.3 Å². The molecule has 3 heteroatoms. The summed E-state index contributed by atoms with van der Waals surface area (Å²) >= 11 is 0. The lowest BCUT2D eigenvalue weighted by molar-refractivity contribution is 0.00424. The number of rotatable bonds is 3. The van der Waals surface area contributed by atoms with Crippen LogP contribution in [0, 0.1) is 28.6 Å². The van der Waals surface area contributed by atoms with Gasteiger partial charge in [0.2, 0.25) is 0 Å². The average molecular weight is 389 g/mol. The molecule has 0 aromatic rings. The number of nitrogens with two attached hydrogens (primary N) is 1. The van der Waals surface area contributed by atoms with Crippen LogP contribution in [0.25, 0.3) is 0 Å². The van der Waals surface area contributed by atoms with Gasteiger partial charge < -0.3 is 5.73 Å². The molecule has 152 valence electrons. The third kappa shape index (κ3) is 3.31. The van der Waals surface area contributed by atoms with Crippen LogP contribution in [0.1, 0.15) is 58.8 Å². The normalized spacial score (nSPS) is 37.4. The van der Waals surface area contributed by atoms with Gasteiger partial charge in [-0.25, -0.2) is 4.79 Å². The Morgan fingerprint density at radius 3 is 2.83 bits per heavy atom. The topological polar surface area (TPSA) is 66.9 Å². The number of carbonyl (C=O) groups excluding carboxylic acids is 1. The maximum atomic E-state index is 11.2. The Morgan fingerprint density at radius 1 is 1.41 bits per heavy atom. The second-order valence-electron chi connectivity index (χ2n) is 8.97. The van der Waals surface area contributed by atoms with E-state index in [-0.39, 0.29) is 5.41 Å². The molecule has 4 aliphatic rings. The third-order valence-corrected chi connectivity index (χ3v) is 7.56. The van der Waals surface area contributed by atoms with E-state index >= 15 is 0 Å². The summed E-state index contributed by atoms with van der Waals surface area (Å²) in [5.41, 5.74) is 10.7. The molecule has 4 unspecified atom stereocenters. The van der Waals surface area contributed by atoms with E-state index in [1.165, 1.54) is 11.6 Å². The van der Waals surface area contributed by atoms with Crippen LogP contribution < -0.4 is 5.73 Å². The molecule has 1 spiro atoms. The van der Waals surface area contributed by atoms with Crippen LogP contribution in [-0.4, -0.2) is 11.5 Å². The fourth-order valence-electron chi connectivity index (χ4n) is 6.06. The minimum absolute atomic E-state index is 0.293. The van der Waals surface area contributed by atoms with Crippen molar-refractivity contribution in [2.75, 3.05) is 0 Å². The van der Waals surface area contributed by atoms with Gasteiger partial charge in [-0.1, -0.05) is 50.8 Å². The molecular weight excluding hydrogens is 356 g/mol. The number of allylic oxidation sites excluding steroid dienone is 8. The predicted molar refractivity (Wildman–Crippen MR) is 118 cm³/mol. The van der Waals surface area contributed by atoms with E-state index in [0.717, 1.165) is 49.7 Å².